The summed E-state index contributed by atoms with van der Waals surface area (Å²) in [5.41, 5.74) is 1.21. The number of hydrogen-bond acceptors (Lipinski definition) is 6. The summed E-state index contributed by atoms with van der Waals surface area (Å²) >= 11 is 5.95. The second kappa shape index (κ2) is 7.96. The molecule has 0 aromatic heterocycles. The van der Waals surface area contributed by atoms with Crippen molar-refractivity contribution in [3.05, 3.63) is 53.1 Å². The number of hydrogen-bond donors (Lipinski definition) is 1. The lowest BCUT2D eigenvalue weighted by atomic mass is 10.1. The van der Waals surface area contributed by atoms with Gasteiger partial charge in [0, 0.05) is 22.7 Å². The molecule has 0 amide bonds. The van der Waals surface area contributed by atoms with Crippen LogP contribution >= 0.6 is 11.6 Å². The number of aliphatic hydroxyl groups is 1. The van der Waals surface area contributed by atoms with Gasteiger partial charge in [-0.25, -0.2) is 8.42 Å². The zero-order valence-corrected chi connectivity index (χ0v) is 16.7. The number of methoxy groups -OCH3 is 2. The standard InChI is InChI=1S/C19H22ClNO5S/c1-25-16-7-8-17(18(11-16)26-2)21(15-9-10-27(23,24)12-15)19(22)13-3-5-14(20)6-4-13/h3-8,11,15,19,22H,9-10,12H2,1-2H3. The largest absolute Gasteiger partial charge is 0.497 e. The van der Waals surface area contributed by atoms with Crippen molar-refractivity contribution in [2.75, 3.05) is 30.6 Å². The Morgan fingerprint density at radius 1 is 1.15 bits per heavy atom. The highest BCUT2D eigenvalue weighted by Crippen LogP contribution is 2.39. The molecular weight excluding hydrogens is 390 g/mol. The molecule has 8 heteroatoms. The Balaban J connectivity index is 2.06. The van der Waals surface area contributed by atoms with Crippen LogP contribution in [0.3, 0.4) is 0 Å². The van der Waals surface area contributed by atoms with Crippen molar-refractivity contribution in [2.24, 2.45) is 0 Å². The fourth-order valence-corrected chi connectivity index (χ4v) is 5.15. The van der Waals surface area contributed by atoms with Crippen LogP contribution in [0, 0.1) is 0 Å². The van der Waals surface area contributed by atoms with E-state index in [1.807, 2.05) is 0 Å². The van der Waals surface area contributed by atoms with Gasteiger partial charge in [0.15, 0.2) is 16.1 Å². The van der Waals surface area contributed by atoms with Gasteiger partial charge in [-0.2, -0.15) is 0 Å². The van der Waals surface area contributed by atoms with E-state index in [0.717, 1.165) is 0 Å². The lowest BCUT2D eigenvalue weighted by Gasteiger charge is -2.36. The van der Waals surface area contributed by atoms with Crippen molar-refractivity contribution in [1.82, 2.24) is 0 Å². The number of aliphatic hydroxyl groups excluding tert-OH is 1. The summed E-state index contributed by atoms with van der Waals surface area (Å²) in [7, 11) is -0.0645. The van der Waals surface area contributed by atoms with Crippen LogP contribution in [-0.2, 0) is 9.84 Å². The molecule has 2 aromatic rings. The van der Waals surface area contributed by atoms with Crippen LogP contribution in [0.15, 0.2) is 42.5 Å². The summed E-state index contributed by atoms with van der Waals surface area (Å²) < 4.78 is 34.8. The molecular formula is C19H22ClNO5S. The van der Waals surface area contributed by atoms with Crippen molar-refractivity contribution < 1.29 is 23.0 Å². The SMILES string of the molecule is COc1ccc(N(C2CCS(=O)(=O)C2)C(O)c2ccc(Cl)cc2)c(OC)c1. The third kappa shape index (κ3) is 4.31. The molecule has 2 unspecified atom stereocenters. The molecule has 1 N–H and O–H groups in total. The molecule has 1 saturated heterocycles. The summed E-state index contributed by atoms with van der Waals surface area (Å²) in [6, 6.07) is 11.7. The first kappa shape index (κ1) is 19.8. The zero-order valence-electron chi connectivity index (χ0n) is 15.1. The number of benzene rings is 2. The minimum atomic E-state index is -3.14. The number of sulfone groups is 1. The molecule has 0 spiro atoms. The number of nitrogens with zero attached hydrogens (tertiary/aromatic N) is 1. The smallest absolute Gasteiger partial charge is 0.153 e. The number of halogens is 1. The predicted molar refractivity (Wildman–Crippen MR) is 105 cm³/mol. The monoisotopic (exact) mass is 411 g/mol. The number of rotatable bonds is 6. The molecule has 6 nitrogen and oxygen atoms in total. The molecule has 3 rings (SSSR count). The Labute approximate surface area is 164 Å². The molecule has 146 valence electrons. The minimum absolute atomic E-state index is 0.0210. The van der Waals surface area contributed by atoms with E-state index in [1.54, 1.807) is 54.5 Å². The molecule has 0 bridgehead atoms. The summed E-state index contributed by atoms with van der Waals surface area (Å²) in [4.78, 5) is 1.70. The van der Waals surface area contributed by atoms with Crippen molar-refractivity contribution in [3.8, 4) is 11.5 Å². The molecule has 2 aromatic carbocycles. The maximum atomic E-state index is 12.1. The third-order valence-corrected chi connectivity index (χ3v) is 6.70. The van der Waals surface area contributed by atoms with Gasteiger partial charge in [0.2, 0.25) is 0 Å². The van der Waals surface area contributed by atoms with Gasteiger partial charge >= 0.3 is 0 Å². The number of ether oxygens (including phenoxy) is 2. The Bertz CT molecular complexity index is 901. The first-order valence-corrected chi connectivity index (χ1v) is 10.7. The minimum Gasteiger partial charge on any atom is -0.497 e. The van der Waals surface area contributed by atoms with E-state index in [9.17, 15) is 13.5 Å². The maximum absolute atomic E-state index is 12.1. The Morgan fingerprint density at radius 3 is 2.41 bits per heavy atom. The summed E-state index contributed by atoms with van der Waals surface area (Å²) in [5.74, 6) is 1.18. The predicted octanol–water partition coefficient (Wildman–Crippen LogP) is 3.04. The molecule has 0 radical (unpaired) electrons. The fraction of sp³-hybridized carbons (Fsp3) is 0.368. The Hall–Kier alpha value is -1.96. The molecule has 1 heterocycles. The second-order valence-electron chi connectivity index (χ2n) is 6.43. The highest BCUT2D eigenvalue weighted by molar-refractivity contribution is 7.91. The maximum Gasteiger partial charge on any atom is 0.153 e. The van der Waals surface area contributed by atoms with Crippen LogP contribution in [-0.4, -0.2) is 45.3 Å². The van der Waals surface area contributed by atoms with E-state index in [1.165, 1.54) is 7.11 Å². The third-order valence-electron chi connectivity index (χ3n) is 4.70. The summed E-state index contributed by atoms with van der Waals surface area (Å²) in [6.07, 6.45) is -0.620. The van der Waals surface area contributed by atoms with Gasteiger partial charge in [-0.05, 0) is 30.7 Å². The van der Waals surface area contributed by atoms with Crippen LogP contribution in [0.25, 0.3) is 0 Å². The highest BCUT2D eigenvalue weighted by Gasteiger charge is 2.37. The normalized spacial score (nSPS) is 19.5. The van der Waals surface area contributed by atoms with Gasteiger partial charge in [0.1, 0.15) is 11.5 Å². The first-order valence-electron chi connectivity index (χ1n) is 8.49. The van der Waals surface area contributed by atoms with Crippen molar-refractivity contribution in [3.63, 3.8) is 0 Å². The van der Waals surface area contributed by atoms with Gasteiger partial charge in [-0.3, -0.25) is 0 Å². The van der Waals surface area contributed by atoms with Gasteiger partial charge in [-0.15, -0.1) is 0 Å². The van der Waals surface area contributed by atoms with E-state index in [0.29, 0.717) is 34.2 Å². The lowest BCUT2D eigenvalue weighted by Crippen LogP contribution is -2.39. The van der Waals surface area contributed by atoms with Gasteiger partial charge in [-0.1, -0.05) is 23.7 Å². The van der Waals surface area contributed by atoms with E-state index in [4.69, 9.17) is 21.1 Å². The summed E-state index contributed by atoms with van der Waals surface area (Å²) in [6.45, 7) is 0. The Morgan fingerprint density at radius 2 is 1.85 bits per heavy atom. The fourth-order valence-electron chi connectivity index (χ4n) is 3.32. The molecule has 0 aliphatic carbocycles. The molecule has 1 aliphatic heterocycles. The average molecular weight is 412 g/mol. The zero-order chi connectivity index (χ0) is 19.6. The molecule has 0 saturated carbocycles. The second-order valence-corrected chi connectivity index (χ2v) is 9.09. The molecule has 1 aliphatic rings. The van der Waals surface area contributed by atoms with Crippen molar-refractivity contribution in [2.45, 2.75) is 18.7 Å². The van der Waals surface area contributed by atoms with Crippen molar-refractivity contribution in [1.29, 1.82) is 0 Å². The van der Waals surface area contributed by atoms with Gasteiger partial charge in [0.25, 0.3) is 0 Å². The molecule has 27 heavy (non-hydrogen) atoms. The summed E-state index contributed by atoms with van der Waals surface area (Å²) in [5, 5.41) is 11.7. The van der Waals surface area contributed by atoms with Crippen molar-refractivity contribution >= 4 is 27.1 Å². The van der Waals surface area contributed by atoms with E-state index in [2.05, 4.69) is 0 Å². The van der Waals surface area contributed by atoms with Crippen LogP contribution < -0.4 is 14.4 Å². The van der Waals surface area contributed by atoms with Gasteiger partial charge in [0.05, 0.1) is 31.4 Å². The van der Waals surface area contributed by atoms with E-state index >= 15 is 0 Å². The number of anilines is 1. The van der Waals surface area contributed by atoms with E-state index in [-0.39, 0.29) is 17.5 Å². The average Bonchev–Trinajstić information content (AvgIpc) is 3.02. The van der Waals surface area contributed by atoms with Crippen LogP contribution in [0.2, 0.25) is 5.02 Å². The molecule has 2 atom stereocenters. The quantitative estimate of drug-likeness (QED) is 0.736. The Kier molecular flexibility index (Phi) is 5.83. The van der Waals surface area contributed by atoms with Crippen LogP contribution in [0.4, 0.5) is 5.69 Å². The van der Waals surface area contributed by atoms with E-state index < -0.39 is 16.1 Å². The highest BCUT2D eigenvalue weighted by atomic mass is 35.5. The van der Waals surface area contributed by atoms with Crippen LogP contribution in [0.5, 0.6) is 11.5 Å². The molecule has 1 fully saturated rings. The van der Waals surface area contributed by atoms with Gasteiger partial charge < -0.3 is 19.5 Å². The topological polar surface area (TPSA) is 76.1 Å². The first-order chi connectivity index (χ1) is 12.8. The lowest BCUT2D eigenvalue weighted by molar-refractivity contribution is 0.161. The van der Waals surface area contributed by atoms with Crippen LogP contribution in [0.1, 0.15) is 18.2 Å².